The Bertz CT molecular complexity index is 555. The summed E-state index contributed by atoms with van der Waals surface area (Å²) in [6.07, 6.45) is 2.65. The Hall–Kier alpha value is -0.810. The first kappa shape index (κ1) is 15.1. The molecule has 1 amide bonds. The van der Waals surface area contributed by atoms with Gasteiger partial charge < -0.3 is 10.4 Å². The molecule has 1 aromatic rings. The summed E-state index contributed by atoms with van der Waals surface area (Å²) in [5, 5.41) is 14.0. The summed E-state index contributed by atoms with van der Waals surface area (Å²) in [5.74, 6) is 0.383. The van der Waals surface area contributed by atoms with Crippen molar-refractivity contribution in [2.45, 2.75) is 24.9 Å². The molecular formula is C15H18Cl2N2O2. The maximum absolute atomic E-state index is 11.9. The highest BCUT2D eigenvalue weighted by Crippen LogP contribution is 2.44. The van der Waals surface area contributed by atoms with E-state index in [0.29, 0.717) is 47.7 Å². The van der Waals surface area contributed by atoms with Crippen LogP contribution in [0.5, 0.6) is 0 Å². The van der Waals surface area contributed by atoms with Crippen LogP contribution in [-0.4, -0.2) is 41.1 Å². The van der Waals surface area contributed by atoms with Crippen LogP contribution in [0.2, 0.25) is 10.0 Å². The van der Waals surface area contributed by atoms with Crippen molar-refractivity contribution in [1.29, 1.82) is 0 Å². The van der Waals surface area contributed by atoms with Crippen LogP contribution in [-0.2, 0) is 4.79 Å². The third-order valence-electron chi connectivity index (χ3n) is 4.19. The summed E-state index contributed by atoms with van der Waals surface area (Å²) in [4.78, 5) is 14.0. The highest BCUT2D eigenvalue weighted by molar-refractivity contribution is 6.35. The minimum Gasteiger partial charge on any atom is -0.387 e. The zero-order valence-electron chi connectivity index (χ0n) is 11.6. The molecular weight excluding hydrogens is 311 g/mol. The average Bonchev–Trinajstić information content (AvgIpc) is 3.22. The molecule has 1 saturated carbocycles. The van der Waals surface area contributed by atoms with E-state index >= 15 is 0 Å². The summed E-state index contributed by atoms with van der Waals surface area (Å²) in [7, 11) is 0. The minimum absolute atomic E-state index is 0.0963. The Labute approximate surface area is 134 Å². The number of benzene rings is 1. The molecule has 0 aromatic heterocycles. The molecule has 0 unspecified atom stereocenters. The van der Waals surface area contributed by atoms with Crippen molar-refractivity contribution in [3.8, 4) is 0 Å². The van der Waals surface area contributed by atoms with E-state index in [9.17, 15) is 9.90 Å². The Balaban J connectivity index is 1.44. The second-order valence-corrected chi connectivity index (χ2v) is 6.85. The van der Waals surface area contributed by atoms with Crippen molar-refractivity contribution in [3.05, 3.63) is 28.2 Å². The van der Waals surface area contributed by atoms with Crippen molar-refractivity contribution in [1.82, 2.24) is 4.90 Å². The van der Waals surface area contributed by atoms with Gasteiger partial charge in [0.15, 0.2) is 0 Å². The number of nitrogens with one attached hydrogen (secondary N) is 1. The Morgan fingerprint density at radius 1 is 1.38 bits per heavy atom. The van der Waals surface area contributed by atoms with Gasteiger partial charge in [-0.25, -0.2) is 0 Å². The molecule has 1 saturated heterocycles. The van der Waals surface area contributed by atoms with Crippen LogP contribution in [0.15, 0.2) is 18.2 Å². The lowest BCUT2D eigenvalue weighted by Crippen LogP contribution is -2.63. The molecule has 0 spiro atoms. The van der Waals surface area contributed by atoms with Gasteiger partial charge in [-0.2, -0.15) is 0 Å². The van der Waals surface area contributed by atoms with Gasteiger partial charge in [0.25, 0.3) is 0 Å². The van der Waals surface area contributed by atoms with Gasteiger partial charge in [-0.3, -0.25) is 9.69 Å². The molecule has 1 aliphatic heterocycles. The van der Waals surface area contributed by atoms with E-state index in [0.717, 1.165) is 12.8 Å². The Morgan fingerprint density at radius 3 is 2.76 bits per heavy atom. The number of carbonyl (C=O) groups is 1. The quantitative estimate of drug-likeness (QED) is 0.873. The number of carbonyl (C=O) groups excluding carboxylic acids is 1. The second-order valence-electron chi connectivity index (χ2n) is 6.01. The van der Waals surface area contributed by atoms with E-state index in [4.69, 9.17) is 23.2 Å². The fourth-order valence-electron chi connectivity index (χ4n) is 2.83. The van der Waals surface area contributed by atoms with Crippen LogP contribution < -0.4 is 5.32 Å². The molecule has 1 aromatic carbocycles. The molecule has 1 aliphatic carbocycles. The minimum atomic E-state index is -0.493. The number of hydrogen-bond acceptors (Lipinski definition) is 3. The van der Waals surface area contributed by atoms with Crippen molar-refractivity contribution in [3.63, 3.8) is 0 Å². The van der Waals surface area contributed by atoms with Crippen LogP contribution >= 0.6 is 23.2 Å². The second kappa shape index (κ2) is 5.76. The number of rotatable bonds is 5. The number of nitrogens with zero attached hydrogens (tertiary/aromatic N) is 1. The van der Waals surface area contributed by atoms with Gasteiger partial charge in [-0.05, 0) is 37.0 Å². The van der Waals surface area contributed by atoms with Gasteiger partial charge in [-0.1, -0.05) is 23.2 Å². The largest absolute Gasteiger partial charge is 0.387 e. The predicted octanol–water partition coefficient (Wildman–Crippen LogP) is 2.78. The van der Waals surface area contributed by atoms with Crippen molar-refractivity contribution in [2.75, 3.05) is 25.0 Å². The number of anilines is 1. The summed E-state index contributed by atoms with van der Waals surface area (Å²) < 4.78 is 0. The van der Waals surface area contributed by atoms with Gasteiger partial charge in [0.1, 0.15) is 0 Å². The predicted molar refractivity (Wildman–Crippen MR) is 83.8 cm³/mol. The van der Waals surface area contributed by atoms with E-state index in [2.05, 4.69) is 10.2 Å². The molecule has 21 heavy (non-hydrogen) atoms. The number of hydrogen-bond donors (Lipinski definition) is 2. The van der Waals surface area contributed by atoms with Crippen LogP contribution in [0, 0.1) is 5.92 Å². The lowest BCUT2D eigenvalue weighted by Gasteiger charge is -2.47. The summed E-state index contributed by atoms with van der Waals surface area (Å²) in [5.41, 5.74) is 0.0412. The van der Waals surface area contributed by atoms with Crippen molar-refractivity contribution in [2.24, 2.45) is 5.92 Å². The first-order chi connectivity index (χ1) is 9.96. The summed E-state index contributed by atoms with van der Waals surface area (Å²) in [6, 6.07) is 4.97. The molecule has 1 heterocycles. The normalized spacial score (nSPS) is 20.9. The Kier molecular flexibility index (Phi) is 4.14. The van der Waals surface area contributed by atoms with E-state index in [1.807, 2.05) is 0 Å². The van der Waals surface area contributed by atoms with Crippen LogP contribution in [0.1, 0.15) is 19.3 Å². The first-order valence-electron chi connectivity index (χ1n) is 7.16. The summed E-state index contributed by atoms with van der Waals surface area (Å²) >= 11 is 11.9. The first-order valence-corrected chi connectivity index (χ1v) is 7.91. The molecule has 2 fully saturated rings. The van der Waals surface area contributed by atoms with Crippen molar-refractivity contribution >= 4 is 34.8 Å². The molecule has 2 aliphatic rings. The van der Waals surface area contributed by atoms with E-state index in [1.54, 1.807) is 18.2 Å². The molecule has 0 radical (unpaired) electrons. The van der Waals surface area contributed by atoms with Crippen LogP contribution in [0.3, 0.4) is 0 Å². The maximum Gasteiger partial charge on any atom is 0.225 e. The average molecular weight is 329 g/mol. The van der Waals surface area contributed by atoms with Crippen LogP contribution in [0.4, 0.5) is 5.69 Å². The number of likely N-dealkylation sites (tertiary alicyclic amines) is 1. The molecule has 3 rings (SSSR count). The van der Waals surface area contributed by atoms with Gasteiger partial charge >= 0.3 is 0 Å². The highest BCUT2D eigenvalue weighted by atomic mass is 35.5. The molecule has 4 nitrogen and oxygen atoms in total. The fourth-order valence-corrected chi connectivity index (χ4v) is 3.17. The topological polar surface area (TPSA) is 52.6 Å². The van der Waals surface area contributed by atoms with Gasteiger partial charge in [0.05, 0.1) is 16.3 Å². The standard InChI is InChI=1S/C15H18Cl2N2O2/c16-11-3-4-12(17)13(7-11)18-14(20)5-6-19-8-15(21,9-19)10-1-2-10/h3-4,7,10,21H,1-2,5-6,8-9H2,(H,18,20). The van der Waals surface area contributed by atoms with Crippen molar-refractivity contribution < 1.29 is 9.90 Å². The fraction of sp³-hybridized carbons (Fsp3) is 0.533. The number of β-amino-alcohol motifs (C(OH)–C–C–N with tert-alkyl or cyclic N) is 1. The monoisotopic (exact) mass is 328 g/mol. The lowest BCUT2D eigenvalue weighted by atomic mass is 9.88. The zero-order chi connectivity index (χ0) is 15.0. The summed E-state index contributed by atoms with van der Waals surface area (Å²) in [6.45, 7) is 2.02. The number of aliphatic hydroxyl groups is 1. The van der Waals surface area contributed by atoms with Gasteiger partial charge in [0.2, 0.25) is 5.91 Å². The SMILES string of the molecule is O=C(CCN1CC(O)(C2CC2)C1)Nc1cc(Cl)ccc1Cl. The molecule has 114 valence electrons. The maximum atomic E-state index is 11.9. The molecule has 0 bridgehead atoms. The molecule has 0 atom stereocenters. The zero-order valence-corrected chi connectivity index (χ0v) is 13.1. The number of amides is 1. The van der Waals surface area contributed by atoms with E-state index in [-0.39, 0.29) is 5.91 Å². The van der Waals surface area contributed by atoms with E-state index in [1.165, 1.54) is 0 Å². The van der Waals surface area contributed by atoms with E-state index < -0.39 is 5.60 Å². The Morgan fingerprint density at radius 2 is 2.10 bits per heavy atom. The van der Waals surface area contributed by atoms with Gasteiger partial charge in [0, 0.05) is 31.1 Å². The number of halogens is 2. The van der Waals surface area contributed by atoms with Crippen LogP contribution in [0.25, 0.3) is 0 Å². The van der Waals surface area contributed by atoms with Gasteiger partial charge in [-0.15, -0.1) is 0 Å². The third kappa shape index (κ3) is 3.51. The molecule has 2 N–H and O–H groups in total. The highest BCUT2D eigenvalue weighted by Gasteiger charge is 2.51. The third-order valence-corrected chi connectivity index (χ3v) is 4.75. The smallest absolute Gasteiger partial charge is 0.225 e. The molecule has 6 heteroatoms. The lowest BCUT2D eigenvalue weighted by molar-refractivity contribution is -0.124.